The molecule has 3 rings (SSSR count). The molecule has 2 unspecified atom stereocenters. The third kappa shape index (κ3) is 8.76. The van der Waals surface area contributed by atoms with Crippen molar-refractivity contribution in [2.45, 2.75) is 89.4 Å². The van der Waals surface area contributed by atoms with Crippen LogP contribution in [-0.2, 0) is 26.1 Å². The molecule has 2 aliphatic heterocycles. The lowest BCUT2D eigenvalue weighted by molar-refractivity contribution is 0.0295. The van der Waals surface area contributed by atoms with Crippen LogP contribution in [-0.4, -0.2) is 76.7 Å². The Hall–Kier alpha value is -1.50. The van der Waals surface area contributed by atoms with Gasteiger partial charge in [0.15, 0.2) is 0 Å². The number of benzene rings is 1. The summed E-state index contributed by atoms with van der Waals surface area (Å²) in [6.07, 6.45) is 2.68. The molecule has 41 heavy (non-hydrogen) atoms. The van der Waals surface area contributed by atoms with Gasteiger partial charge in [-0.3, -0.25) is 0 Å². The maximum absolute atomic E-state index is 13.6. The van der Waals surface area contributed by atoms with Crippen LogP contribution in [0.4, 0.5) is 4.79 Å². The third-order valence-electron chi connectivity index (χ3n) is 7.32. The van der Waals surface area contributed by atoms with Crippen LogP contribution in [0.2, 0.25) is 5.02 Å². The summed E-state index contributed by atoms with van der Waals surface area (Å²) in [5.41, 5.74) is 1.02. The topological polar surface area (TPSA) is 111 Å². The fourth-order valence-electron chi connectivity index (χ4n) is 5.03. The number of piperidine rings is 1. The number of halogens is 1. The molecule has 9 nitrogen and oxygen atoms in total. The minimum absolute atomic E-state index is 0.0144. The molecule has 3 atom stereocenters. The first-order valence-corrected chi connectivity index (χ1v) is 17.2. The third-order valence-corrected chi connectivity index (χ3v) is 11.6. The standard InChI is InChI=1S/C29H46ClN3O6S2/c1-9-16-38-25-17-20(2)24(30)18-23(25)26(31-40(35)29(6,7)8)21-10-14-33(15-11-21)41(36,37)22-12-13-32(19-22)27(34)39-28(3,4)5/h9,17-18,21-22,26,31H,1,10-16,19H2,2-8H3/t22?,26-,40?/m1/s1. The highest BCUT2D eigenvalue weighted by atomic mass is 35.5. The zero-order valence-electron chi connectivity index (χ0n) is 25.4. The highest BCUT2D eigenvalue weighted by molar-refractivity contribution is 7.90. The van der Waals surface area contributed by atoms with E-state index in [1.165, 1.54) is 4.90 Å². The van der Waals surface area contributed by atoms with E-state index in [9.17, 15) is 17.8 Å². The molecule has 2 heterocycles. The van der Waals surface area contributed by atoms with E-state index < -0.39 is 43.1 Å². The van der Waals surface area contributed by atoms with Gasteiger partial charge in [-0.15, -0.1) is 4.72 Å². The Bertz CT molecular complexity index is 1190. The van der Waals surface area contributed by atoms with Gasteiger partial charge >= 0.3 is 6.09 Å². The van der Waals surface area contributed by atoms with Gasteiger partial charge < -0.3 is 18.9 Å². The average molecular weight is 632 g/mol. The minimum Gasteiger partial charge on any atom is -0.598 e. The van der Waals surface area contributed by atoms with E-state index in [2.05, 4.69) is 11.3 Å². The van der Waals surface area contributed by atoms with Crippen molar-refractivity contribution in [1.29, 1.82) is 0 Å². The Labute approximate surface area is 254 Å². The van der Waals surface area contributed by atoms with E-state index in [-0.39, 0.29) is 18.5 Å². The van der Waals surface area contributed by atoms with E-state index in [4.69, 9.17) is 21.1 Å². The van der Waals surface area contributed by atoms with Crippen LogP contribution in [0.15, 0.2) is 24.8 Å². The summed E-state index contributed by atoms with van der Waals surface area (Å²) in [5.74, 6) is 0.623. The molecule has 12 heteroatoms. The lowest BCUT2D eigenvalue weighted by Crippen LogP contribution is -2.48. The second-order valence-corrected chi connectivity index (χ2v) is 17.5. The number of ether oxygens (including phenoxy) is 2. The molecule has 2 aliphatic rings. The predicted octanol–water partition coefficient (Wildman–Crippen LogP) is 5.36. The Morgan fingerprint density at radius 3 is 2.39 bits per heavy atom. The second-order valence-electron chi connectivity index (χ2n) is 12.8. The smallest absolute Gasteiger partial charge is 0.410 e. The predicted molar refractivity (Wildman–Crippen MR) is 165 cm³/mol. The van der Waals surface area contributed by atoms with Crippen molar-refractivity contribution < 1.29 is 27.2 Å². The number of nitrogens with one attached hydrogen (secondary N) is 1. The Kier molecular flexibility index (Phi) is 11.1. The molecular formula is C29H46ClN3O6S2. The highest BCUT2D eigenvalue weighted by Gasteiger charge is 2.43. The van der Waals surface area contributed by atoms with E-state index in [0.29, 0.717) is 56.3 Å². The average Bonchev–Trinajstić information content (AvgIpc) is 3.38. The first kappa shape index (κ1) is 34.0. The number of carbonyl (C=O) groups excluding carboxylic acids is 1. The lowest BCUT2D eigenvalue weighted by Gasteiger charge is -2.38. The molecule has 1 aromatic rings. The fraction of sp³-hybridized carbons (Fsp3) is 0.690. The van der Waals surface area contributed by atoms with Gasteiger partial charge in [-0.2, -0.15) is 0 Å². The van der Waals surface area contributed by atoms with Gasteiger partial charge in [0.05, 0.1) is 11.3 Å². The number of likely N-dealkylation sites (tertiary alicyclic amines) is 1. The van der Waals surface area contributed by atoms with Crippen LogP contribution >= 0.6 is 11.6 Å². The van der Waals surface area contributed by atoms with Crippen LogP contribution < -0.4 is 9.46 Å². The molecule has 0 bridgehead atoms. The molecule has 0 saturated carbocycles. The molecule has 0 aromatic heterocycles. The molecule has 0 spiro atoms. The molecule has 1 amide bonds. The summed E-state index contributed by atoms with van der Waals surface area (Å²) in [7, 11) is -3.62. The number of hydrogen-bond donors (Lipinski definition) is 1. The van der Waals surface area contributed by atoms with Crippen molar-refractivity contribution in [3.05, 3.63) is 40.9 Å². The van der Waals surface area contributed by atoms with E-state index in [0.717, 1.165) is 11.1 Å². The minimum atomic E-state index is -3.62. The molecular weight excluding hydrogens is 586 g/mol. The van der Waals surface area contributed by atoms with Crippen molar-refractivity contribution in [1.82, 2.24) is 13.9 Å². The number of hydrogen-bond acceptors (Lipinski definition) is 7. The fourth-order valence-corrected chi connectivity index (χ4v) is 8.02. The summed E-state index contributed by atoms with van der Waals surface area (Å²) in [4.78, 5) is 14.0. The second kappa shape index (κ2) is 13.4. The van der Waals surface area contributed by atoms with Crippen molar-refractivity contribution >= 4 is 39.1 Å². The van der Waals surface area contributed by atoms with Crippen LogP contribution in [0, 0.1) is 12.8 Å². The zero-order chi connectivity index (χ0) is 30.8. The number of sulfonamides is 1. The van der Waals surface area contributed by atoms with Gasteiger partial charge in [0, 0.05) is 48.1 Å². The largest absolute Gasteiger partial charge is 0.598 e. The van der Waals surface area contributed by atoms with E-state index in [1.54, 1.807) is 31.2 Å². The van der Waals surface area contributed by atoms with Gasteiger partial charge in [0.25, 0.3) is 0 Å². The zero-order valence-corrected chi connectivity index (χ0v) is 27.8. The Morgan fingerprint density at radius 1 is 1.20 bits per heavy atom. The van der Waals surface area contributed by atoms with Crippen molar-refractivity contribution in [2.75, 3.05) is 32.8 Å². The highest BCUT2D eigenvalue weighted by Crippen LogP contribution is 2.40. The Morgan fingerprint density at radius 2 is 1.83 bits per heavy atom. The van der Waals surface area contributed by atoms with Gasteiger partial charge in [-0.25, -0.2) is 17.5 Å². The number of carbonyl (C=O) groups is 1. The number of nitrogens with zero attached hydrogens (tertiary/aromatic N) is 2. The van der Waals surface area contributed by atoms with Gasteiger partial charge in [0.1, 0.15) is 22.7 Å². The van der Waals surface area contributed by atoms with Gasteiger partial charge in [-0.1, -0.05) is 24.3 Å². The van der Waals surface area contributed by atoms with Gasteiger partial charge in [-0.05, 0) is 91.3 Å². The molecule has 232 valence electrons. The summed E-state index contributed by atoms with van der Waals surface area (Å²) in [5, 5.41) is -0.0845. The molecule has 2 fully saturated rings. The monoisotopic (exact) mass is 631 g/mol. The number of amides is 1. The molecule has 0 aliphatic carbocycles. The molecule has 0 radical (unpaired) electrons. The molecule has 1 N–H and O–H groups in total. The van der Waals surface area contributed by atoms with Crippen LogP contribution in [0.1, 0.15) is 78.0 Å². The normalized spacial score (nSPS) is 21.0. The SMILES string of the molecule is C=CCOc1cc(C)c(Cl)cc1[C@H](N[S+]([O-])C(C)(C)C)C1CCN(S(=O)(=O)C2CCN(C(=O)OC(C)(C)C)C2)CC1. The summed E-state index contributed by atoms with van der Waals surface area (Å²) >= 11 is 5.16. The number of aryl methyl sites for hydroxylation is 1. The van der Waals surface area contributed by atoms with E-state index in [1.807, 2.05) is 39.8 Å². The van der Waals surface area contributed by atoms with Crippen LogP contribution in [0.3, 0.4) is 0 Å². The van der Waals surface area contributed by atoms with Crippen LogP contribution in [0.5, 0.6) is 5.75 Å². The quantitative estimate of drug-likeness (QED) is 0.289. The first-order chi connectivity index (χ1) is 18.9. The van der Waals surface area contributed by atoms with Crippen LogP contribution in [0.25, 0.3) is 0 Å². The number of rotatable bonds is 9. The maximum Gasteiger partial charge on any atom is 0.410 e. The van der Waals surface area contributed by atoms with Crippen molar-refractivity contribution in [2.24, 2.45) is 5.92 Å². The maximum atomic E-state index is 13.6. The van der Waals surface area contributed by atoms with E-state index >= 15 is 0 Å². The van der Waals surface area contributed by atoms with Crippen molar-refractivity contribution in [3.8, 4) is 5.75 Å². The first-order valence-electron chi connectivity index (χ1n) is 14.1. The summed E-state index contributed by atoms with van der Waals surface area (Å²) in [6.45, 7) is 18.2. The Balaban J connectivity index is 1.79. The lowest BCUT2D eigenvalue weighted by atomic mass is 9.86. The summed E-state index contributed by atoms with van der Waals surface area (Å²) < 4.78 is 56.3. The molecule has 1 aromatic carbocycles. The summed E-state index contributed by atoms with van der Waals surface area (Å²) in [6, 6.07) is 3.37. The van der Waals surface area contributed by atoms with Crippen molar-refractivity contribution in [3.63, 3.8) is 0 Å². The van der Waals surface area contributed by atoms with Gasteiger partial charge in [0.2, 0.25) is 10.0 Å². The molecule has 2 saturated heterocycles.